The summed E-state index contributed by atoms with van der Waals surface area (Å²) >= 11 is 0. The van der Waals surface area contributed by atoms with Gasteiger partial charge < -0.3 is 15.7 Å². The van der Waals surface area contributed by atoms with E-state index in [-0.39, 0.29) is 13.2 Å². The van der Waals surface area contributed by atoms with E-state index in [1.807, 2.05) is 30.3 Å². The maximum atomic E-state index is 12.2. The van der Waals surface area contributed by atoms with Gasteiger partial charge in [-0.25, -0.2) is 0 Å². The maximum Gasteiger partial charge on any atom is 0.313 e. The molecule has 2 aromatic rings. The van der Waals surface area contributed by atoms with Gasteiger partial charge in [-0.1, -0.05) is 36.4 Å². The van der Waals surface area contributed by atoms with E-state index in [2.05, 4.69) is 16.7 Å². The molecule has 3 rings (SSSR count). The highest BCUT2D eigenvalue weighted by Gasteiger charge is 2.18. The summed E-state index contributed by atoms with van der Waals surface area (Å²) in [6.07, 6.45) is 4.21. The molecule has 0 bridgehead atoms. The van der Waals surface area contributed by atoms with Gasteiger partial charge in [-0.15, -0.1) is 0 Å². The van der Waals surface area contributed by atoms with E-state index in [0.717, 1.165) is 48.1 Å². The zero-order chi connectivity index (χ0) is 17.6. The second-order valence-corrected chi connectivity index (χ2v) is 6.21. The number of amides is 2. The summed E-state index contributed by atoms with van der Waals surface area (Å²) in [6, 6.07) is 13.1. The molecule has 5 heteroatoms. The highest BCUT2D eigenvalue weighted by atomic mass is 16.3. The van der Waals surface area contributed by atoms with Crippen LogP contribution in [0.4, 0.5) is 5.69 Å². The fourth-order valence-electron chi connectivity index (χ4n) is 3.22. The highest BCUT2D eigenvalue weighted by molar-refractivity contribution is 6.39. The SMILES string of the molecule is O=C(NCc1ccccc1CO)C(=O)Nc1cccc2c1CCCC2. The van der Waals surface area contributed by atoms with Gasteiger partial charge in [0, 0.05) is 12.2 Å². The standard InChI is InChI=1S/C20H22N2O3/c23-13-16-8-2-1-7-15(16)12-21-19(24)20(25)22-18-11-5-9-14-6-3-4-10-17(14)18/h1-2,5,7-9,11,23H,3-4,6,10,12-13H2,(H,21,24)(H,22,25). The van der Waals surface area contributed by atoms with Crippen LogP contribution in [0.2, 0.25) is 0 Å². The lowest BCUT2D eigenvalue weighted by molar-refractivity contribution is -0.136. The predicted octanol–water partition coefficient (Wildman–Crippen LogP) is 2.31. The van der Waals surface area contributed by atoms with Crippen molar-refractivity contribution < 1.29 is 14.7 Å². The quantitative estimate of drug-likeness (QED) is 0.749. The van der Waals surface area contributed by atoms with Gasteiger partial charge >= 0.3 is 11.8 Å². The number of anilines is 1. The first-order valence-electron chi connectivity index (χ1n) is 8.56. The number of nitrogens with one attached hydrogen (secondary N) is 2. The van der Waals surface area contributed by atoms with E-state index in [1.165, 1.54) is 5.56 Å². The summed E-state index contributed by atoms with van der Waals surface area (Å²) in [5.41, 5.74) is 4.65. The minimum atomic E-state index is -0.679. The zero-order valence-corrected chi connectivity index (χ0v) is 14.0. The van der Waals surface area contributed by atoms with Crippen molar-refractivity contribution in [2.24, 2.45) is 0 Å². The molecular formula is C20H22N2O3. The van der Waals surface area contributed by atoms with E-state index >= 15 is 0 Å². The Bertz CT molecular complexity index is 786. The number of benzene rings is 2. The van der Waals surface area contributed by atoms with Crippen LogP contribution in [0.3, 0.4) is 0 Å². The summed E-state index contributed by atoms with van der Waals surface area (Å²) in [7, 11) is 0. The molecule has 1 aliphatic rings. The molecule has 3 N–H and O–H groups in total. The molecule has 0 fully saturated rings. The van der Waals surface area contributed by atoms with Crippen LogP contribution in [0, 0.1) is 0 Å². The fourth-order valence-corrected chi connectivity index (χ4v) is 3.22. The van der Waals surface area contributed by atoms with Gasteiger partial charge in [0.1, 0.15) is 0 Å². The van der Waals surface area contributed by atoms with Crippen molar-refractivity contribution in [2.75, 3.05) is 5.32 Å². The fraction of sp³-hybridized carbons (Fsp3) is 0.300. The predicted molar refractivity (Wildman–Crippen MR) is 95.9 cm³/mol. The van der Waals surface area contributed by atoms with Crippen molar-refractivity contribution in [3.05, 3.63) is 64.7 Å². The molecule has 0 aromatic heterocycles. The van der Waals surface area contributed by atoms with Gasteiger partial charge in [0.15, 0.2) is 0 Å². The van der Waals surface area contributed by atoms with Crippen molar-refractivity contribution in [1.82, 2.24) is 5.32 Å². The minimum absolute atomic E-state index is 0.103. The van der Waals surface area contributed by atoms with Crippen LogP contribution < -0.4 is 10.6 Å². The lowest BCUT2D eigenvalue weighted by Crippen LogP contribution is -2.35. The molecule has 0 spiro atoms. The van der Waals surface area contributed by atoms with Crippen LogP contribution in [-0.4, -0.2) is 16.9 Å². The Morgan fingerprint density at radius 1 is 0.920 bits per heavy atom. The maximum absolute atomic E-state index is 12.2. The normalized spacial score (nSPS) is 13.0. The molecule has 0 radical (unpaired) electrons. The van der Waals surface area contributed by atoms with Gasteiger partial charge in [-0.3, -0.25) is 9.59 Å². The Morgan fingerprint density at radius 2 is 1.68 bits per heavy atom. The molecule has 5 nitrogen and oxygen atoms in total. The molecule has 0 aliphatic heterocycles. The summed E-state index contributed by atoms with van der Waals surface area (Å²) in [5.74, 6) is -1.35. The molecular weight excluding hydrogens is 316 g/mol. The van der Waals surface area contributed by atoms with Crippen LogP contribution in [-0.2, 0) is 35.6 Å². The van der Waals surface area contributed by atoms with Gasteiger partial charge in [0.05, 0.1) is 6.61 Å². The van der Waals surface area contributed by atoms with Gasteiger partial charge in [-0.2, -0.15) is 0 Å². The second kappa shape index (κ2) is 7.94. The van der Waals surface area contributed by atoms with Crippen molar-refractivity contribution >= 4 is 17.5 Å². The second-order valence-electron chi connectivity index (χ2n) is 6.21. The Morgan fingerprint density at radius 3 is 2.48 bits per heavy atom. The Hall–Kier alpha value is -2.66. The third-order valence-corrected chi connectivity index (χ3v) is 4.58. The lowest BCUT2D eigenvalue weighted by atomic mass is 9.90. The first-order chi connectivity index (χ1) is 12.2. The topological polar surface area (TPSA) is 78.4 Å². The number of hydrogen-bond acceptors (Lipinski definition) is 3. The highest BCUT2D eigenvalue weighted by Crippen LogP contribution is 2.27. The van der Waals surface area contributed by atoms with Crippen LogP contribution >= 0.6 is 0 Å². The number of carbonyl (C=O) groups is 2. The van der Waals surface area contributed by atoms with Crippen LogP contribution in [0.1, 0.15) is 35.1 Å². The smallest absolute Gasteiger partial charge is 0.313 e. The minimum Gasteiger partial charge on any atom is -0.392 e. The van der Waals surface area contributed by atoms with Crippen LogP contribution in [0.5, 0.6) is 0 Å². The Balaban J connectivity index is 1.63. The average Bonchev–Trinajstić information content (AvgIpc) is 2.66. The number of fused-ring (bicyclic) bond motifs is 1. The third-order valence-electron chi connectivity index (χ3n) is 4.58. The van der Waals surface area contributed by atoms with Gasteiger partial charge in [0.25, 0.3) is 0 Å². The average molecular weight is 338 g/mol. The molecule has 2 amide bonds. The molecule has 1 aliphatic carbocycles. The number of aliphatic hydroxyl groups is 1. The zero-order valence-electron chi connectivity index (χ0n) is 14.0. The first-order valence-corrected chi connectivity index (χ1v) is 8.56. The number of rotatable bonds is 4. The number of aliphatic hydroxyl groups excluding tert-OH is 1. The van der Waals surface area contributed by atoms with E-state index in [0.29, 0.717) is 0 Å². The Kier molecular flexibility index (Phi) is 5.46. The molecule has 130 valence electrons. The monoisotopic (exact) mass is 338 g/mol. The number of carbonyl (C=O) groups excluding carboxylic acids is 2. The summed E-state index contributed by atoms with van der Waals surface area (Å²) in [5, 5.41) is 14.7. The Labute approximate surface area is 147 Å². The third kappa shape index (κ3) is 4.06. The van der Waals surface area contributed by atoms with E-state index in [4.69, 9.17) is 0 Å². The molecule has 2 aromatic carbocycles. The summed E-state index contributed by atoms with van der Waals surface area (Å²) in [4.78, 5) is 24.3. The van der Waals surface area contributed by atoms with Gasteiger partial charge in [0.2, 0.25) is 0 Å². The molecule has 0 unspecified atom stereocenters. The van der Waals surface area contributed by atoms with E-state index in [1.54, 1.807) is 6.07 Å². The van der Waals surface area contributed by atoms with E-state index in [9.17, 15) is 14.7 Å². The van der Waals surface area contributed by atoms with E-state index < -0.39 is 11.8 Å². The van der Waals surface area contributed by atoms with Crippen molar-refractivity contribution in [3.8, 4) is 0 Å². The first kappa shape index (κ1) is 17.2. The van der Waals surface area contributed by atoms with Gasteiger partial charge in [-0.05, 0) is 54.0 Å². The number of aryl methyl sites for hydroxylation is 1. The number of hydrogen-bond donors (Lipinski definition) is 3. The molecule has 25 heavy (non-hydrogen) atoms. The van der Waals surface area contributed by atoms with Crippen LogP contribution in [0.25, 0.3) is 0 Å². The molecule has 0 saturated carbocycles. The summed E-state index contributed by atoms with van der Waals surface area (Å²) in [6.45, 7) is 0.101. The lowest BCUT2D eigenvalue weighted by Gasteiger charge is -2.19. The largest absolute Gasteiger partial charge is 0.392 e. The van der Waals surface area contributed by atoms with Crippen molar-refractivity contribution in [2.45, 2.75) is 38.8 Å². The molecule has 0 heterocycles. The van der Waals surface area contributed by atoms with Crippen molar-refractivity contribution in [3.63, 3.8) is 0 Å². The molecule has 0 atom stereocenters. The molecule has 0 saturated heterocycles. The van der Waals surface area contributed by atoms with Crippen molar-refractivity contribution in [1.29, 1.82) is 0 Å². The summed E-state index contributed by atoms with van der Waals surface area (Å²) < 4.78 is 0. The van der Waals surface area contributed by atoms with Crippen LogP contribution in [0.15, 0.2) is 42.5 Å².